The molecule has 0 amide bonds. The molecule has 0 heterocycles. The van der Waals surface area contributed by atoms with Gasteiger partial charge in [0.2, 0.25) is 0 Å². The summed E-state index contributed by atoms with van der Waals surface area (Å²) in [4.78, 5) is 0. The second kappa shape index (κ2) is 4.29. The fourth-order valence-electron chi connectivity index (χ4n) is 3.35. The number of hydrogen-bond donors (Lipinski definition) is 1. The number of rotatable bonds is 2. The third kappa shape index (κ3) is 1.89. The smallest absolute Gasteiger partial charge is 0.119 e. The Bertz CT molecular complexity index is 397. The molecule has 92 valence electrons. The topological polar surface area (TPSA) is 35.2 Å². The summed E-state index contributed by atoms with van der Waals surface area (Å²) in [7, 11) is 0. The Kier molecular flexibility index (Phi) is 2.91. The predicted molar refractivity (Wildman–Crippen MR) is 72.1 cm³/mol. The second-order valence-corrected chi connectivity index (χ2v) is 6.26. The molecule has 2 aliphatic carbocycles. The molecule has 1 spiro atoms. The fraction of sp³-hybridized carbons (Fsp3) is 0.571. The van der Waals surface area contributed by atoms with Crippen molar-refractivity contribution in [1.29, 1.82) is 0 Å². The largest absolute Gasteiger partial charge is 0.490 e. The van der Waals surface area contributed by atoms with Gasteiger partial charge in [-0.2, -0.15) is 0 Å². The van der Waals surface area contributed by atoms with E-state index in [0.717, 1.165) is 16.6 Å². The number of nitrogens with two attached hydrogens (primary N) is 1. The van der Waals surface area contributed by atoms with Crippen molar-refractivity contribution in [3.8, 4) is 5.75 Å². The van der Waals surface area contributed by atoms with Crippen molar-refractivity contribution in [3.05, 3.63) is 28.7 Å². The van der Waals surface area contributed by atoms with E-state index in [2.05, 4.69) is 15.9 Å². The summed E-state index contributed by atoms with van der Waals surface area (Å²) in [6.45, 7) is 0. The lowest BCUT2D eigenvalue weighted by Gasteiger charge is -2.52. The van der Waals surface area contributed by atoms with Crippen molar-refractivity contribution in [2.75, 3.05) is 0 Å². The van der Waals surface area contributed by atoms with E-state index in [1.165, 1.54) is 25.7 Å². The first-order chi connectivity index (χ1) is 8.21. The Hall–Kier alpha value is -0.540. The zero-order chi connectivity index (χ0) is 11.9. The quantitative estimate of drug-likeness (QED) is 0.906. The molecule has 0 saturated heterocycles. The van der Waals surface area contributed by atoms with Crippen LogP contribution in [0.3, 0.4) is 0 Å². The highest BCUT2D eigenvalue weighted by Gasteiger charge is 2.55. The molecule has 3 heteroatoms. The van der Waals surface area contributed by atoms with E-state index in [1.807, 2.05) is 24.3 Å². The van der Waals surface area contributed by atoms with Crippen molar-refractivity contribution in [2.45, 2.75) is 44.2 Å². The molecule has 1 aromatic carbocycles. The average Bonchev–Trinajstić information content (AvgIpc) is 2.83. The van der Waals surface area contributed by atoms with Crippen LogP contribution in [0.5, 0.6) is 5.75 Å². The van der Waals surface area contributed by atoms with E-state index < -0.39 is 0 Å². The van der Waals surface area contributed by atoms with Crippen LogP contribution in [-0.2, 0) is 0 Å². The Morgan fingerprint density at radius 1 is 1.18 bits per heavy atom. The van der Waals surface area contributed by atoms with Crippen LogP contribution in [0.1, 0.15) is 32.1 Å². The van der Waals surface area contributed by atoms with E-state index in [9.17, 15) is 0 Å². The molecule has 0 bridgehead atoms. The van der Waals surface area contributed by atoms with E-state index in [-0.39, 0.29) is 5.41 Å². The highest BCUT2D eigenvalue weighted by molar-refractivity contribution is 9.10. The highest BCUT2D eigenvalue weighted by atomic mass is 79.9. The molecule has 2 saturated carbocycles. The van der Waals surface area contributed by atoms with Crippen LogP contribution in [0.2, 0.25) is 0 Å². The van der Waals surface area contributed by atoms with Crippen molar-refractivity contribution in [2.24, 2.45) is 11.1 Å². The SMILES string of the molecule is NC1CC(Oc2ccc(Br)cc2)C12CCCC2. The van der Waals surface area contributed by atoms with Gasteiger partial charge in [0.25, 0.3) is 0 Å². The number of benzene rings is 1. The standard InChI is InChI=1S/C14H18BrNO/c15-10-3-5-11(6-4-10)17-13-9-12(16)14(13)7-1-2-8-14/h3-6,12-13H,1-2,7-9,16H2. The lowest BCUT2D eigenvalue weighted by Crippen LogP contribution is -2.62. The van der Waals surface area contributed by atoms with Crippen molar-refractivity contribution < 1.29 is 4.74 Å². The number of ether oxygens (including phenoxy) is 1. The minimum Gasteiger partial charge on any atom is -0.490 e. The molecule has 0 radical (unpaired) electrons. The van der Waals surface area contributed by atoms with Gasteiger partial charge in [-0.15, -0.1) is 0 Å². The third-order valence-electron chi connectivity index (χ3n) is 4.47. The third-order valence-corrected chi connectivity index (χ3v) is 5.00. The summed E-state index contributed by atoms with van der Waals surface area (Å²) in [6, 6.07) is 8.45. The maximum absolute atomic E-state index is 6.20. The van der Waals surface area contributed by atoms with Gasteiger partial charge in [0.15, 0.2) is 0 Å². The molecule has 17 heavy (non-hydrogen) atoms. The zero-order valence-corrected chi connectivity index (χ0v) is 11.4. The monoisotopic (exact) mass is 295 g/mol. The first-order valence-electron chi connectivity index (χ1n) is 6.38. The van der Waals surface area contributed by atoms with Gasteiger partial charge < -0.3 is 10.5 Å². The number of hydrogen-bond acceptors (Lipinski definition) is 2. The first kappa shape index (κ1) is 11.5. The number of halogens is 1. The van der Waals surface area contributed by atoms with Crippen LogP contribution < -0.4 is 10.5 Å². The Labute approximate surface area is 111 Å². The van der Waals surface area contributed by atoms with E-state index >= 15 is 0 Å². The molecule has 0 aliphatic heterocycles. The minimum absolute atomic E-state index is 0.285. The van der Waals surface area contributed by atoms with Gasteiger partial charge in [0, 0.05) is 22.4 Å². The molecule has 1 aromatic rings. The second-order valence-electron chi connectivity index (χ2n) is 5.34. The van der Waals surface area contributed by atoms with Gasteiger partial charge in [0.1, 0.15) is 11.9 Å². The summed E-state index contributed by atoms with van der Waals surface area (Å²) in [5.41, 5.74) is 6.48. The summed E-state index contributed by atoms with van der Waals surface area (Å²) >= 11 is 3.44. The van der Waals surface area contributed by atoms with Crippen LogP contribution in [0.4, 0.5) is 0 Å². The van der Waals surface area contributed by atoms with E-state index in [1.54, 1.807) is 0 Å². The van der Waals surface area contributed by atoms with Crippen LogP contribution in [0.25, 0.3) is 0 Å². The lowest BCUT2D eigenvalue weighted by atomic mass is 9.61. The molecule has 3 rings (SSSR count). The Morgan fingerprint density at radius 3 is 2.41 bits per heavy atom. The molecule has 2 nitrogen and oxygen atoms in total. The van der Waals surface area contributed by atoms with Crippen LogP contribution in [0.15, 0.2) is 28.7 Å². The fourth-order valence-corrected chi connectivity index (χ4v) is 3.61. The van der Waals surface area contributed by atoms with Gasteiger partial charge >= 0.3 is 0 Å². The van der Waals surface area contributed by atoms with Gasteiger partial charge in [-0.05, 0) is 37.1 Å². The Balaban J connectivity index is 1.72. The van der Waals surface area contributed by atoms with Crippen LogP contribution in [-0.4, -0.2) is 12.1 Å². The molecular weight excluding hydrogens is 278 g/mol. The van der Waals surface area contributed by atoms with Gasteiger partial charge in [0.05, 0.1) is 0 Å². The molecular formula is C14H18BrNO. The maximum atomic E-state index is 6.20. The first-order valence-corrected chi connectivity index (χ1v) is 7.18. The van der Waals surface area contributed by atoms with Gasteiger partial charge in [-0.25, -0.2) is 0 Å². The molecule has 2 fully saturated rings. The molecule has 0 aromatic heterocycles. The summed E-state index contributed by atoms with van der Waals surface area (Å²) in [6.07, 6.45) is 6.46. The predicted octanol–water partition coefficient (Wildman–Crippen LogP) is 3.49. The average molecular weight is 296 g/mol. The Morgan fingerprint density at radius 2 is 1.82 bits per heavy atom. The minimum atomic E-state index is 0.285. The van der Waals surface area contributed by atoms with E-state index in [0.29, 0.717) is 12.1 Å². The van der Waals surface area contributed by atoms with Crippen LogP contribution >= 0.6 is 15.9 Å². The van der Waals surface area contributed by atoms with Gasteiger partial charge in [-0.1, -0.05) is 28.8 Å². The summed E-state index contributed by atoms with van der Waals surface area (Å²) < 4.78 is 7.20. The van der Waals surface area contributed by atoms with Gasteiger partial charge in [-0.3, -0.25) is 0 Å². The van der Waals surface area contributed by atoms with Crippen molar-refractivity contribution >= 4 is 15.9 Å². The lowest BCUT2D eigenvalue weighted by molar-refractivity contribution is -0.0620. The van der Waals surface area contributed by atoms with E-state index in [4.69, 9.17) is 10.5 Å². The van der Waals surface area contributed by atoms with Crippen molar-refractivity contribution in [3.63, 3.8) is 0 Å². The van der Waals surface area contributed by atoms with Crippen molar-refractivity contribution in [1.82, 2.24) is 0 Å². The molecule has 2 atom stereocenters. The summed E-state index contributed by atoms with van der Waals surface area (Å²) in [5, 5.41) is 0. The molecule has 2 unspecified atom stereocenters. The molecule has 2 N–H and O–H groups in total. The normalized spacial score (nSPS) is 30.2. The maximum Gasteiger partial charge on any atom is 0.119 e. The zero-order valence-electron chi connectivity index (χ0n) is 9.86. The van der Waals surface area contributed by atoms with Crippen LogP contribution in [0, 0.1) is 5.41 Å². The summed E-state index contributed by atoms with van der Waals surface area (Å²) in [5.74, 6) is 0.969. The molecule has 2 aliphatic rings. The highest BCUT2D eigenvalue weighted by Crippen LogP contribution is 2.53.